The van der Waals surface area contributed by atoms with Crippen molar-refractivity contribution in [2.24, 2.45) is 5.92 Å². The van der Waals surface area contributed by atoms with E-state index in [0.29, 0.717) is 24.8 Å². The molecule has 0 spiro atoms. The number of hydrogen-bond donors (Lipinski definition) is 0. The number of halogens is 6. The van der Waals surface area contributed by atoms with E-state index in [-0.39, 0.29) is 11.5 Å². The third-order valence-corrected chi connectivity index (χ3v) is 6.02. The van der Waals surface area contributed by atoms with Crippen molar-refractivity contribution in [3.63, 3.8) is 0 Å². The minimum Gasteiger partial charge on any atom is -0.490 e. The summed E-state index contributed by atoms with van der Waals surface area (Å²) >= 11 is 0. The summed E-state index contributed by atoms with van der Waals surface area (Å²) in [5.74, 6) is -4.43. The van der Waals surface area contributed by atoms with Crippen LogP contribution in [-0.4, -0.2) is 26.7 Å². The topological polar surface area (TPSA) is 44.8 Å². The Kier molecular flexibility index (Phi) is 8.17. The molecule has 182 valence electrons. The average Bonchev–Trinajstić information content (AvgIpc) is 2.64. The molecule has 0 aromatic heterocycles. The first-order valence-electron chi connectivity index (χ1n) is 10.5. The molecule has 0 amide bonds. The number of benzene rings is 1. The molecule has 0 aliphatic heterocycles. The third kappa shape index (κ3) is 6.55. The van der Waals surface area contributed by atoms with E-state index < -0.39 is 44.1 Å². The smallest absolute Gasteiger partial charge is 0.490 e. The van der Waals surface area contributed by atoms with Crippen LogP contribution in [0.4, 0.5) is 31.1 Å². The highest BCUT2D eigenvalue weighted by atomic mass is 28.4. The van der Waals surface area contributed by atoms with Crippen molar-refractivity contribution in [1.82, 2.24) is 0 Å². The van der Waals surface area contributed by atoms with Gasteiger partial charge in [0.25, 0.3) is 8.32 Å². The molecule has 4 nitrogen and oxygen atoms in total. The van der Waals surface area contributed by atoms with Crippen LogP contribution in [0.5, 0.6) is 5.75 Å². The van der Waals surface area contributed by atoms with Crippen molar-refractivity contribution >= 4 is 14.5 Å². The Morgan fingerprint density at radius 1 is 1.00 bits per heavy atom. The normalized spacial score (nSPS) is 20.1. The molecule has 2 rings (SSSR count). The molecule has 1 saturated carbocycles. The van der Waals surface area contributed by atoms with Crippen LogP contribution >= 0.6 is 0 Å². The van der Waals surface area contributed by atoms with E-state index in [1.54, 1.807) is 0 Å². The van der Waals surface area contributed by atoms with Crippen LogP contribution in [0.1, 0.15) is 56.9 Å². The highest BCUT2D eigenvalue weighted by Crippen LogP contribution is 2.42. The van der Waals surface area contributed by atoms with Gasteiger partial charge in [-0.05, 0) is 68.8 Å². The lowest BCUT2D eigenvalue weighted by Crippen LogP contribution is -2.49. The van der Waals surface area contributed by atoms with Crippen LogP contribution in [0.15, 0.2) is 12.1 Å². The van der Waals surface area contributed by atoms with Gasteiger partial charge in [0.05, 0.1) is 0 Å². The van der Waals surface area contributed by atoms with E-state index in [0.717, 1.165) is 31.7 Å². The minimum atomic E-state index is -5.48. The summed E-state index contributed by atoms with van der Waals surface area (Å²) in [6.07, 6.45) is -7.99. The van der Waals surface area contributed by atoms with Crippen LogP contribution in [0.25, 0.3) is 0 Å². The van der Waals surface area contributed by atoms with Gasteiger partial charge in [0.2, 0.25) is 5.82 Å². The van der Waals surface area contributed by atoms with Crippen LogP contribution in [0, 0.1) is 17.6 Å². The first-order chi connectivity index (χ1) is 14.7. The third-order valence-electron chi connectivity index (χ3n) is 5.24. The van der Waals surface area contributed by atoms with Crippen molar-refractivity contribution in [1.29, 1.82) is 0 Å². The largest absolute Gasteiger partial charge is 0.512 e. The summed E-state index contributed by atoms with van der Waals surface area (Å²) in [4.78, 5) is 11.4. The summed E-state index contributed by atoms with van der Waals surface area (Å²) in [5, 5.41) is 0. The van der Waals surface area contributed by atoms with E-state index in [1.165, 1.54) is 19.6 Å². The lowest BCUT2D eigenvalue weighted by atomic mass is 9.77. The van der Waals surface area contributed by atoms with Crippen molar-refractivity contribution in [2.45, 2.75) is 83.2 Å². The Hall–Kier alpha value is -1.91. The van der Waals surface area contributed by atoms with Crippen molar-refractivity contribution < 1.29 is 45.0 Å². The summed E-state index contributed by atoms with van der Waals surface area (Å²) in [7, 11) is -2.71. The van der Waals surface area contributed by atoms with Gasteiger partial charge in [0, 0.05) is 0 Å². The van der Waals surface area contributed by atoms with E-state index >= 15 is 0 Å². The van der Waals surface area contributed by atoms with Crippen LogP contribution in [-0.2, 0) is 9.16 Å². The van der Waals surface area contributed by atoms with Gasteiger partial charge in [0.15, 0.2) is 11.6 Å². The molecule has 11 heteroatoms. The Labute approximate surface area is 184 Å². The molecule has 1 aromatic carbocycles. The zero-order valence-electron chi connectivity index (χ0n) is 18.5. The fourth-order valence-corrected chi connectivity index (χ4v) is 4.29. The molecular formula is C21H28F6O4Si. The summed E-state index contributed by atoms with van der Waals surface area (Å²) in [6.45, 7) is 6.39. The maximum absolute atomic E-state index is 14.6. The van der Waals surface area contributed by atoms with Gasteiger partial charge < -0.3 is 13.9 Å². The Morgan fingerprint density at radius 3 is 2.12 bits per heavy atom. The number of alkyl halides is 4. The van der Waals surface area contributed by atoms with E-state index in [2.05, 4.69) is 20.8 Å². The molecule has 0 saturated heterocycles. The summed E-state index contributed by atoms with van der Waals surface area (Å²) < 4.78 is 96.3. The van der Waals surface area contributed by atoms with Gasteiger partial charge in [-0.1, -0.05) is 25.8 Å². The first-order valence-corrected chi connectivity index (χ1v) is 13.9. The maximum Gasteiger partial charge on any atom is 0.512 e. The molecule has 32 heavy (non-hydrogen) atoms. The molecule has 0 N–H and O–H groups in total. The standard InChI is InChI=1S/C21H28F6O4Si/c1-5-6-13-7-9-14(10-8-13)15-11-12-16(18(23)17(15)22)29-20(24,25)21(26,27)30-19(28)31-32(2,3)4/h11-14H,5-10H2,1-4H3. The SMILES string of the molecule is CCCC1CCC(c2ccc(OC(F)(F)C(F)(F)OC(=O)O[Si](C)(C)C)c(F)c2F)CC1. The number of carbonyl (C=O) groups is 1. The summed E-state index contributed by atoms with van der Waals surface area (Å²) in [6, 6.07) is 1.74. The van der Waals surface area contributed by atoms with Gasteiger partial charge >= 0.3 is 18.4 Å². The van der Waals surface area contributed by atoms with Crippen molar-refractivity contribution in [3.8, 4) is 5.75 Å². The Balaban J connectivity index is 2.13. The van der Waals surface area contributed by atoms with Crippen LogP contribution in [0.3, 0.4) is 0 Å². The Morgan fingerprint density at radius 2 is 1.59 bits per heavy atom. The second-order valence-electron chi connectivity index (χ2n) is 8.99. The highest BCUT2D eigenvalue weighted by molar-refractivity contribution is 6.71. The molecule has 1 aromatic rings. The molecule has 1 fully saturated rings. The van der Waals surface area contributed by atoms with Crippen molar-refractivity contribution in [2.75, 3.05) is 0 Å². The fraction of sp³-hybridized carbons (Fsp3) is 0.667. The highest BCUT2D eigenvalue weighted by Gasteiger charge is 2.65. The first kappa shape index (κ1) is 26.3. The van der Waals surface area contributed by atoms with Crippen molar-refractivity contribution in [3.05, 3.63) is 29.3 Å². The molecule has 1 aliphatic rings. The zero-order chi connectivity index (χ0) is 24.3. The lowest BCUT2D eigenvalue weighted by molar-refractivity contribution is -0.391. The van der Waals surface area contributed by atoms with Gasteiger partial charge in [-0.3, -0.25) is 0 Å². The van der Waals surface area contributed by atoms with Crippen LogP contribution < -0.4 is 4.74 Å². The number of ether oxygens (including phenoxy) is 2. The number of hydrogen-bond acceptors (Lipinski definition) is 4. The van der Waals surface area contributed by atoms with Gasteiger partial charge in [0.1, 0.15) is 0 Å². The van der Waals surface area contributed by atoms with E-state index in [4.69, 9.17) is 0 Å². The molecule has 1 aliphatic carbocycles. The molecule has 0 atom stereocenters. The average molecular weight is 487 g/mol. The number of carbonyl (C=O) groups excluding carboxylic acids is 1. The predicted molar refractivity (Wildman–Crippen MR) is 107 cm³/mol. The van der Waals surface area contributed by atoms with E-state index in [1.807, 2.05) is 0 Å². The molecule has 0 bridgehead atoms. The van der Waals surface area contributed by atoms with E-state index in [9.17, 15) is 31.1 Å². The lowest BCUT2D eigenvalue weighted by Gasteiger charge is -2.29. The molecule has 0 heterocycles. The molecular weight excluding hydrogens is 458 g/mol. The monoisotopic (exact) mass is 486 g/mol. The summed E-state index contributed by atoms with van der Waals surface area (Å²) in [5.41, 5.74) is -0.00478. The number of rotatable bonds is 8. The predicted octanol–water partition coefficient (Wildman–Crippen LogP) is 7.59. The molecule has 0 radical (unpaired) electrons. The minimum absolute atomic E-state index is 0.00478. The van der Waals surface area contributed by atoms with Gasteiger partial charge in [-0.25, -0.2) is 9.18 Å². The van der Waals surface area contributed by atoms with Gasteiger partial charge in [-0.15, -0.1) is 0 Å². The maximum atomic E-state index is 14.6. The quantitative estimate of drug-likeness (QED) is 0.216. The van der Waals surface area contributed by atoms with Crippen LogP contribution in [0.2, 0.25) is 19.6 Å². The zero-order valence-corrected chi connectivity index (χ0v) is 19.5. The molecule has 0 unspecified atom stereocenters. The van der Waals surface area contributed by atoms with Gasteiger partial charge in [-0.2, -0.15) is 22.0 Å². The fourth-order valence-electron chi connectivity index (χ4n) is 3.74. The Bertz CT molecular complexity index is 804. The second kappa shape index (κ2) is 9.92. The second-order valence-corrected chi connectivity index (χ2v) is 13.4.